The van der Waals surface area contributed by atoms with Gasteiger partial charge in [-0.05, 0) is 57.3 Å². The summed E-state index contributed by atoms with van der Waals surface area (Å²) in [5, 5.41) is 4.48. The van der Waals surface area contributed by atoms with Crippen molar-refractivity contribution < 1.29 is 0 Å². The van der Waals surface area contributed by atoms with Crippen molar-refractivity contribution in [3.8, 4) is 0 Å². The third-order valence-corrected chi connectivity index (χ3v) is 4.36. The topological polar surface area (TPSA) is 24.9 Å². The molecule has 0 radical (unpaired) electrons. The van der Waals surface area contributed by atoms with E-state index in [4.69, 9.17) is 0 Å². The maximum absolute atomic E-state index is 4.35. The molecule has 0 aliphatic heterocycles. The maximum atomic E-state index is 4.35. The molecule has 2 nitrogen and oxygen atoms in total. The van der Waals surface area contributed by atoms with Gasteiger partial charge in [0.15, 0.2) is 0 Å². The van der Waals surface area contributed by atoms with Gasteiger partial charge in [-0.2, -0.15) is 0 Å². The summed E-state index contributed by atoms with van der Waals surface area (Å²) < 4.78 is 0. The van der Waals surface area contributed by atoms with Gasteiger partial charge < -0.3 is 5.32 Å². The second kappa shape index (κ2) is 6.83. The first-order valence-electron chi connectivity index (χ1n) is 6.79. The molecule has 102 valence electrons. The number of aromatic nitrogens is 1. The summed E-state index contributed by atoms with van der Waals surface area (Å²) in [5.74, 6) is 0.631. The highest BCUT2D eigenvalue weighted by atomic mass is 32.1. The molecule has 0 spiro atoms. The summed E-state index contributed by atoms with van der Waals surface area (Å²) in [4.78, 5) is 5.75. The molecule has 0 fully saturated rings. The molecular formula is C16H22N2S. The fourth-order valence-corrected chi connectivity index (χ4v) is 3.35. The zero-order chi connectivity index (χ0) is 13.7. The molecule has 1 atom stereocenters. The summed E-state index contributed by atoms with van der Waals surface area (Å²) >= 11 is 1.82. The van der Waals surface area contributed by atoms with E-state index in [2.05, 4.69) is 48.4 Å². The minimum atomic E-state index is 0.631. The molecule has 1 aromatic carbocycles. The van der Waals surface area contributed by atoms with E-state index in [1.165, 1.54) is 16.0 Å². The van der Waals surface area contributed by atoms with Gasteiger partial charge in [-0.25, -0.2) is 4.98 Å². The summed E-state index contributed by atoms with van der Waals surface area (Å²) in [6.07, 6.45) is 4.27. The van der Waals surface area contributed by atoms with Crippen LogP contribution in [0.2, 0.25) is 0 Å². The largest absolute Gasteiger partial charge is 0.319 e. The lowest BCUT2D eigenvalue weighted by Crippen LogP contribution is -2.22. The molecule has 2 aromatic rings. The van der Waals surface area contributed by atoms with Crippen molar-refractivity contribution in [2.24, 2.45) is 5.92 Å². The minimum Gasteiger partial charge on any atom is -0.319 e. The third-order valence-electron chi connectivity index (χ3n) is 3.42. The molecule has 2 rings (SSSR count). The van der Waals surface area contributed by atoms with E-state index in [0.29, 0.717) is 5.92 Å². The minimum absolute atomic E-state index is 0.631. The fourth-order valence-electron chi connectivity index (χ4n) is 2.44. The van der Waals surface area contributed by atoms with Crippen molar-refractivity contribution in [2.75, 3.05) is 13.6 Å². The maximum Gasteiger partial charge on any atom is 0.0896 e. The van der Waals surface area contributed by atoms with Gasteiger partial charge in [0.1, 0.15) is 0 Å². The number of hydrogen-bond acceptors (Lipinski definition) is 3. The quantitative estimate of drug-likeness (QED) is 0.873. The number of nitrogens with zero attached hydrogens (tertiary/aromatic N) is 1. The van der Waals surface area contributed by atoms with Gasteiger partial charge in [-0.3, -0.25) is 0 Å². The van der Waals surface area contributed by atoms with Gasteiger partial charge in [-0.1, -0.05) is 24.3 Å². The van der Waals surface area contributed by atoms with Gasteiger partial charge in [0.2, 0.25) is 0 Å². The molecule has 0 bridgehead atoms. The molecule has 0 aliphatic rings. The van der Waals surface area contributed by atoms with Crippen LogP contribution in [0.3, 0.4) is 0 Å². The lowest BCUT2D eigenvalue weighted by molar-refractivity contribution is 0.495. The van der Waals surface area contributed by atoms with Crippen LogP contribution < -0.4 is 5.32 Å². The standard InChI is InChI=1S/C16H22N2S/c1-12-6-4-5-7-15(12)8-14(10-17-3)9-16-11-18-13(2)19-16/h4-7,11,14,17H,8-10H2,1-3H3. The predicted molar refractivity (Wildman–Crippen MR) is 82.9 cm³/mol. The lowest BCUT2D eigenvalue weighted by Gasteiger charge is -2.17. The Hall–Kier alpha value is -1.19. The molecule has 1 unspecified atom stereocenters. The first kappa shape index (κ1) is 14.2. The van der Waals surface area contributed by atoms with E-state index in [-0.39, 0.29) is 0 Å². The van der Waals surface area contributed by atoms with Crippen LogP contribution in [0.5, 0.6) is 0 Å². The number of benzene rings is 1. The van der Waals surface area contributed by atoms with E-state index in [1.807, 2.05) is 24.6 Å². The Bertz CT molecular complexity index is 519. The van der Waals surface area contributed by atoms with Crippen LogP contribution in [0.25, 0.3) is 0 Å². The zero-order valence-corrected chi connectivity index (χ0v) is 12.8. The van der Waals surface area contributed by atoms with E-state index >= 15 is 0 Å². The Morgan fingerprint density at radius 2 is 2.00 bits per heavy atom. The molecule has 1 heterocycles. The average Bonchev–Trinajstić information content (AvgIpc) is 2.78. The van der Waals surface area contributed by atoms with Crippen molar-refractivity contribution in [3.63, 3.8) is 0 Å². The van der Waals surface area contributed by atoms with Crippen molar-refractivity contribution in [1.29, 1.82) is 0 Å². The van der Waals surface area contributed by atoms with Gasteiger partial charge in [0, 0.05) is 11.1 Å². The van der Waals surface area contributed by atoms with Gasteiger partial charge in [0.05, 0.1) is 5.01 Å². The van der Waals surface area contributed by atoms with Crippen LogP contribution in [0.1, 0.15) is 21.0 Å². The fraction of sp³-hybridized carbons (Fsp3) is 0.438. The van der Waals surface area contributed by atoms with Crippen molar-refractivity contribution in [3.05, 3.63) is 51.5 Å². The van der Waals surface area contributed by atoms with Crippen LogP contribution in [-0.2, 0) is 12.8 Å². The van der Waals surface area contributed by atoms with E-state index in [1.54, 1.807) is 0 Å². The number of aryl methyl sites for hydroxylation is 2. The highest BCUT2D eigenvalue weighted by Gasteiger charge is 2.12. The molecule has 0 saturated heterocycles. The summed E-state index contributed by atoms with van der Waals surface area (Å²) in [7, 11) is 2.03. The summed E-state index contributed by atoms with van der Waals surface area (Å²) in [6.45, 7) is 5.32. The van der Waals surface area contributed by atoms with Crippen molar-refractivity contribution in [1.82, 2.24) is 10.3 Å². The van der Waals surface area contributed by atoms with Gasteiger partial charge in [0.25, 0.3) is 0 Å². The van der Waals surface area contributed by atoms with Crippen LogP contribution in [-0.4, -0.2) is 18.6 Å². The smallest absolute Gasteiger partial charge is 0.0896 e. The van der Waals surface area contributed by atoms with E-state index in [0.717, 1.165) is 24.4 Å². The van der Waals surface area contributed by atoms with Crippen molar-refractivity contribution >= 4 is 11.3 Å². The van der Waals surface area contributed by atoms with Crippen molar-refractivity contribution in [2.45, 2.75) is 26.7 Å². The zero-order valence-electron chi connectivity index (χ0n) is 11.9. The molecule has 0 aliphatic carbocycles. The third kappa shape index (κ3) is 4.15. The molecule has 1 aromatic heterocycles. The van der Waals surface area contributed by atoms with E-state index < -0.39 is 0 Å². The Labute approximate surface area is 119 Å². The molecule has 3 heteroatoms. The first-order valence-corrected chi connectivity index (χ1v) is 7.61. The second-order valence-corrected chi connectivity index (χ2v) is 6.42. The van der Waals surface area contributed by atoms with Crippen LogP contribution in [0, 0.1) is 19.8 Å². The molecule has 0 amide bonds. The van der Waals surface area contributed by atoms with Crippen LogP contribution in [0.15, 0.2) is 30.5 Å². The van der Waals surface area contributed by atoms with Gasteiger partial charge >= 0.3 is 0 Å². The Morgan fingerprint density at radius 1 is 1.21 bits per heavy atom. The van der Waals surface area contributed by atoms with E-state index in [9.17, 15) is 0 Å². The number of rotatable bonds is 6. The molecular weight excluding hydrogens is 252 g/mol. The lowest BCUT2D eigenvalue weighted by atomic mass is 9.93. The molecule has 19 heavy (non-hydrogen) atoms. The molecule has 0 saturated carbocycles. The van der Waals surface area contributed by atoms with Crippen LogP contribution in [0.4, 0.5) is 0 Å². The predicted octanol–water partition coefficient (Wildman–Crippen LogP) is 3.38. The second-order valence-electron chi connectivity index (χ2n) is 5.10. The summed E-state index contributed by atoms with van der Waals surface area (Å²) in [5.41, 5.74) is 2.85. The normalized spacial score (nSPS) is 12.6. The monoisotopic (exact) mass is 274 g/mol. The SMILES string of the molecule is CNCC(Cc1cnc(C)s1)Cc1ccccc1C. The average molecular weight is 274 g/mol. The molecule has 1 N–H and O–H groups in total. The Balaban J connectivity index is 2.06. The summed E-state index contributed by atoms with van der Waals surface area (Å²) in [6, 6.07) is 8.69. The number of hydrogen-bond donors (Lipinski definition) is 1. The first-order chi connectivity index (χ1) is 9.19. The van der Waals surface area contributed by atoms with Gasteiger partial charge in [-0.15, -0.1) is 11.3 Å². The number of nitrogens with one attached hydrogen (secondary N) is 1. The highest BCUT2D eigenvalue weighted by Crippen LogP contribution is 2.20. The Kier molecular flexibility index (Phi) is 5.11. The number of thiazole rings is 1. The van der Waals surface area contributed by atoms with Crippen LogP contribution >= 0.6 is 11.3 Å². The Morgan fingerprint density at radius 3 is 2.63 bits per heavy atom. The highest BCUT2D eigenvalue weighted by molar-refractivity contribution is 7.11.